The summed E-state index contributed by atoms with van der Waals surface area (Å²) in [4.78, 5) is 0. The van der Waals surface area contributed by atoms with Gasteiger partial charge in [-0.2, -0.15) is 5.10 Å². The van der Waals surface area contributed by atoms with Gasteiger partial charge in [0.2, 0.25) is 0 Å². The number of benzene rings is 1. The van der Waals surface area contributed by atoms with Gasteiger partial charge in [0.15, 0.2) is 5.11 Å². The van der Waals surface area contributed by atoms with E-state index in [1.54, 1.807) is 0 Å². The van der Waals surface area contributed by atoms with Crippen LogP contribution in [0, 0.1) is 6.92 Å². The van der Waals surface area contributed by atoms with Gasteiger partial charge in [0.05, 0.1) is 5.71 Å². The Labute approximate surface area is 126 Å². The van der Waals surface area contributed by atoms with Gasteiger partial charge in [-0.15, -0.1) is 0 Å². The van der Waals surface area contributed by atoms with Crippen LogP contribution in [0.1, 0.15) is 50.2 Å². The molecule has 0 aromatic heterocycles. The molecule has 0 bridgehead atoms. The van der Waals surface area contributed by atoms with Crippen LogP contribution in [0.4, 0.5) is 0 Å². The Hall–Kier alpha value is -1.42. The Morgan fingerprint density at radius 3 is 2.45 bits per heavy atom. The number of hydrogen-bond acceptors (Lipinski definition) is 2. The number of aryl methyl sites for hydroxylation is 1. The standard InChI is InChI=1S/C16H23N3S/c1-12-8-10-14(11-9-12)13(2)18-19-16(20)17-15-6-4-3-5-7-15/h8-11,15H,3-7H2,1-2H3,(H2,17,19,20). The number of nitrogens with one attached hydrogen (secondary N) is 2. The summed E-state index contributed by atoms with van der Waals surface area (Å²) in [6, 6.07) is 8.85. The van der Waals surface area contributed by atoms with Crippen LogP contribution in [0.5, 0.6) is 0 Å². The molecular formula is C16H23N3S. The molecule has 0 radical (unpaired) electrons. The fourth-order valence-corrected chi connectivity index (χ4v) is 2.67. The van der Waals surface area contributed by atoms with E-state index in [9.17, 15) is 0 Å². The summed E-state index contributed by atoms with van der Waals surface area (Å²) in [6.07, 6.45) is 6.37. The third-order valence-corrected chi connectivity index (χ3v) is 3.94. The normalized spacial score (nSPS) is 16.8. The van der Waals surface area contributed by atoms with Crippen molar-refractivity contribution in [3.8, 4) is 0 Å². The van der Waals surface area contributed by atoms with Crippen LogP contribution in [0.3, 0.4) is 0 Å². The summed E-state index contributed by atoms with van der Waals surface area (Å²) in [5.74, 6) is 0. The molecule has 2 N–H and O–H groups in total. The van der Waals surface area contributed by atoms with Crippen LogP contribution in [0.25, 0.3) is 0 Å². The first kappa shape index (κ1) is 15.0. The van der Waals surface area contributed by atoms with Gasteiger partial charge >= 0.3 is 0 Å². The van der Waals surface area contributed by atoms with Crippen molar-refractivity contribution in [2.24, 2.45) is 5.10 Å². The molecule has 0 saturated heterocycles. The maximum Gasteiger partial charge on any atom is 0.187 e. The average molecular weight is 289 g/mol. The van der Waals surface area contributed by atoms with Crippen molar-refractivity contribution in [2.45, 2.75) is 52.0 Å². The lowest BCUT2D eigenvalue weighted by Crippen LogP contribution is -2.41. The molecule has 4 heteroatoms. The van der Waals surface area contributed by atoms with E-state index in [1.807, 2.05) is 6.92 Å². The number of hydrazone groups is 1. The second-order valence-electron chi connectivity index (χ2n) is 5.48. The molecule has 2 rings (SSSR count). The van der Waals surface area contributed by atoms with E-state index < -0.39 is 0 Å². The molecule has 1 aromatic carbocycles. The molecule has 1 saturated carbocycles. The highest BCUT2D eigenvalue weighted by Crippen LogP contribution is 2.17. The molecule has 1 aromatic rings. The van der Waals surface area contributed by atoms with Gasteiger partial charge in [0.25, 0.3) is 0 Å². The molecular weight excluding hydrogens is 266 g/mol. The molecule has 20 heavy (non-hydrogen) atoms. The van der Waals surface area contributed by atoms with Crippen molar-refractivity contribution < 1.29 is 0 Å². The average Bonchev–Trinajstić information content (AvgIpc) is 2.46. The van der Waals surface area contributed by atoms with Gasteiger partial charge in [0, 0.05) is 6.04 Å². The first-order chi connectivity index (χ1) is 9.65. The minimum absolute atomic E-state index is 0.513. The minimum atomic E-state index is 0.513. The molecule has 3 nitrogen and oxygen atoms in total. The molecule has 1 aliphatic rings. The smallest absolute Gasteiger partial charge is 0.187 e. The highest BCUT2D eigenvalue weighted by atomic mass is 32.1. The second kappa shape index (κ2) is 7.39. The van der Waals surface area contributed by atoms with Gasteiger partial charge in [-0.1, -0.05) is 49.1 Å². The van der Waals surface area contributed by atoms with E-state index in [-0.39, 0.29) is 0 Å². The van der Waals surface area contributed by atoms with Crippen molar-refractivity contribution in [2.75, 3.05) is 0 Å². The summed E-state index contributed by atoms with van der Waals surface area (Å²) in [5, 5.41) is 8.33. The number of hydrogen-bond donors (Lipinski definition) is 2. The molecule has 0 spiro atoms. The summed E-state index contributed by atoms with van der Waals surface area (Å²) in [7, 11) is 0. The van der Waals surface area contributed by atoms with Gasteiger partial charge < -0.3 is 5.32 Å². The third kappa shape index (κ3) is 4.60. The van der Waals surface area contributed by atoms with E-state index in [4.69, 9.17) is 12.2 Å². The van der Waals surface area contributed by atoms with Crippen molar-refractivity contribution in [3.63, 3.8) is 0 Å². The van der Waals surface area contributed by atoms with Gasteiger partial charge in [0.1, 0.15) is 0 Å². The molecule has 0 heterocycles. The Morgan fingerprint density at radius 1 is 1.15 bits per heavy atom. The number of thiocarbonyl (C=S) groups is 1. The zero-order valence-corrected chi connectivity index (χ0v) is 13.1. The van der Waals surface area contributed by atoms with Crippen LogP contribution >= 0.6 is 12.2 Å². The molecule has 0 unspecified atom stereocenters. The molecule has 0 atom stereocenters. The first-order valence-electron chi connectivity index (χ1n) is 7.33. The topological polar surface area (TPSA) is 36.4 Å². The lowest BCUT2D eigenvalue weighted by atomic mass is 9.96. The van der Waals surface area contributed by atoms with E-state index in [0.29, 0.717) is 11.2 Å². The Kier molecular flexibility index (Phi) is 5.53. The lowest BCUT2D eigenvalue weighted by Gasteiger charge is -2.23. The summed E-state index contributed by atoms with van der Waals surface area (Å²) in [5.41, 5.74) is 6.26. The van der Waals surface area contributed by atoms with Crippen LogP contribution in [-0.2, 0) is 0 Å². The van der Waals surface area contributed by atoms with E-state index in [0.717, 1.165) is 11.3 Å². The van der Waals surface area contributed by atoms with Crippen LogP contribution in [-0.4, -0.2) is 16.9 Å². The van der Waals surface area contributed by atoms with Crippen LogP contribution in [0.2, 0.25) is 0 Å². The predicted octanol–water partition coefficient (Wildman–Crippen LogP) is 3.52. The second-order valence-corrected chi connectivity index (χ2v) is 5.89. The van der Waals surface area contributed by atoms with Crippen molar-refractivity contribution in [1.29, 1.82) is 0 Å². The fraction of sp³-hybridized carbons (Fsp3) is 0.500. The maximum absolute atomic E-state index is 5.29. The lowest BCUT2D eigenvalue weighted by molar-refractivity contribution is 0.412. The summed E-state index contributed by atoms with van der Waals surface area (Å²) < 4.78 is 0. The third-order valence-electron chi connectivity index (χ3n) is 3.73. The van der Waals surface area contributed by atoms with Crippen molar-refractivity contribution in [1.82, 2.24) is 10.7 Å². The van der Waals surface area contributed by atoms with Gasteiger partial charge in [-0.25, -0.2) is 0 Å². The predicted molar refractivity (Wildman–Crippen MR) is 89.1 cm³/mol. The first-order valence-corrected chi connectivity index (χ1v) is 7.74. The zero-order valence-electron chi connectivity index (χ0n) is 12.3. The van der Waals surface area contributed by atoms with Crippen LogP contribution < -0.4 is 10.7 Å². The Morgan fingerprint density at radius 2 is 1.80 bits per heavy atom. The van der Waals surface area contributed by atoms with Crippen LogP contribution in [0.15, 0.2) is 29.4 Å². The fourth-order valence-electron chi connectivity index (χ4n) is 2.46. The SMILES string of the molecule is CC(=NNC(=S)NC1CCCCC1)c1ccc(C)cc1. The Bertz CT molecular complexity index is 473. The summed E-state index contributed by atoms with van der Waals surface area (Å²) in [6.45, 7) is 4.07. The van der Waals surface area contributed by atoms with Gasteiger partial charge in [-0.05, 0) is 44.5 Å². The summed E-state index contributed by atoms with van der Waals surface area (Å²) >= 11 is 5.29. The molecule has 1 fully saturated rings. The molecule has 108 valence electrons. The number of rotatable bonds is 3. The minimum Gasteiger partial charge on any atom is -0.359 e. The quantitative estimate of drug-likeness (QED) is 0.508. The highest BCUT2D eigenvalue weighted by Gasteiger charge is 2.13. The van der Waals surface area contributed by atoms with E-state index in [1.165, 1.54) is 37.7 Å². The molecule has 0 aliphatic heterocycles. The van der Waals surface area contributed by atoms with Crippen molar-refractivity contribution >= 4 is 23.0 Å². The van der Waals surface area contributed by atoms with E-state index in [2.05, 4.69) is 47.0 Å². The molecule has 1 aliphatic carbocycles. The zero-order chi connectivity index (χ0) is 14.4. The number of nitrogens with zero attached hydrogens (tertiary/aromatic N) is 1. The maximum atomic E-state index is 5.29. The largest absolute Gasteiger partial charge is 0.359 e. The monoisotopic (exact) mass is 289 g/mol. The van der Waals surface area contributed by atoms with E-state index >= 15 is 0 Å². The molecule has 0 amide bonds. The highest BCUT2D eigenvalue weighted by molar-refractivity contribution is 7.80. The van der Waals surface area contributed by atoms with Crippen molar-refractivity contribution in [3.05, 3.63) is 35.4 Å². The Balaban J connectivity index is 1.84. The van der Waals surface area contributed by atoms with Gasteiger partial charge in [-0.3, -0.25) is 5.43 Å².